The van der Waals surface area contributed by atoms with E-state index in [1.54, 1.807) is 37.3 Å². The molecule has 6 nitrogen and oxygen atoms in total. The SMILES string of the molecule is CCN(CC)Cc1ccc(-c2c(Cl)cc(C(=O)NCc3ccc(S(=O)(=O)CC)cc3)cc2Cl)cc1C#N. The predicted octanol–water partition coefficient (Wildman–Crippen LogP) is 6.10. The van der Waals surface area contributed by atoms with Gasteiger partial charge in [-0.25, -0.2) is 8.42 Å². The van der Waals surface area contributed by atoms with Gasteiger partial charge in [-0.15, -0.1) is 0 Å². The van der Waals surface area contributed by atoms with Crippen LogP contribution in [-0.4, -0.2) is 38.1 Å². The second-order valence-electron chi connectivity index (χ2n) is 8.49. The first-order chi connectivity index (χ1) is 17.6. The van der Waals surface area contributed by atoms with Crippen molar-refractivity contribution in [1.29, 1.82) is 5.26 Å². The number of nitrogens with zero attached hydrogens (tertiary/aromatic N) is 2. The molecule has 0 saturated heterocycles. The van der Waals surface area contributed by atoms with Gasteiger partial charge in [-0.3, -0.25) is 9.69 Å². The number of carbonyl (C=O) groups excluding carboxylic acids is 1. The van der Waals surface area contributed by atoms with E-state index < -0.39 is 9.84 Å². The van der Waals surface area contributed by atoms with Gasteiger partial charge in [0.05, 0.1) is 32.3 Å². The highest BCUT2D eigenvalue weighted by Crippen LogP contribution is 2.37. The minimum Gasteiger partial charge on any atom is -0.348 e. The molecule has 0 aromatic heterocycles. The number of nitrogens with one attached hydrogen (secondary N) is 1. The molecule has 0 bridgehead atoms. The van der Waals surface area contributed by atoms with Gasteiger partial charge < -0.3 is 5.32 Å². The smallest absolute Gasteiger partial charge is 0.251 e. The quantitative estimate of drug-likeness (QED) is 0.325. The molecule has 1 amide bonds. The third-order valence-corrected chi connectivity index (χ3v) is 8.57. The van der Waals surface area contributed by atoms with Crippen LogP contribution >= 0.6 is 23.2 Å². The Hall–Kier alpha value is -2.89. The summed E-state index contributed by atoms with van der Waals surface area (Å²) in [6.07, 6.45) is 0. The summed E-state index contributed by atoms with van der Waals surface area (Å²) in [4.78, 5) is 15.3. The highest BCUT2D eigenvalue weighted by atomic mass is 35.5. The van der Waals surface area contributed by atoms with E-state index >= 15 is 0 Å². The molecule has 3 aromatic rings. The fourth-order valence-electron chi connectivity index (χ4n) is 3.91. The lowest BCUT2D eigenvalue weighted by atomic mass is 9.98. The van der Waals surface area contributed by atoms with Crippen molar-refractivity contribution in [3.8, 4) is 17.2 Å². The summed E-state index contributed by atoms with van der Waals surface area (Å²) in [5, 5.41) is 13.1. The third-order valence-electron chi connectivity index (χ3n) is 6.23. The molecule has 0 aliphatic heterocycles. The van der Waals surface area contributed by atoms with Crippen molar-refractivity contribution in [3.05, 3.63) is 86.9 Å². The third kappa shape index (κ3) is 6.91. The monoisotopic (exact) mass is 557 g/mol. The van der Waals surface area contributed by atoms with Gasteiger partial charge in [-0.1, -0.05) is 68.2 Å². The Morgan fingerprint density at radius 3 is 2.14 bits per heavy atom. The second-order valence-corrected chi connectivity index (χ2v) is 11.6. The van der Waals surface area contributed by atoms with Crippen LogP contribution in [0.5, 0.6) is 0 Å². The van der Waals surface area contributed by atoms with E-state index in [4.69, 9.17) is 23.2 Å². The molecule has 0 unspecified atom stereocenters. The van der Waals surface area contributed by atoms with Gasteiger partial charge in [0.25, 0.3) is 5.91 Å². The van der Waals surface area contributed by atoms with Crippen molar-refractivity contribution >= 4 is 38.9 Å². The molecule has 1 N–H and O–H groups in total. The number of rotatable bonds is 10. The van der Waals surface area contributed by atoms with Crippen LogP contribution in [0.3, 0.4) is 0 Å². The minimum atomic E-state index is -3.28. The molecule has 3 rings (SSSR count). The van der Waals surface area contributed by atoms with Crippen LogP contribution in [0.1, 0.15) is 47.8 Å². The minimum absolute atomic E-state index is 0.0267. The summed E-state index contributed by atoms with van der Waals surface area (Å²) in [6.45, 7) is 8.41. The average molecular weight is 559 g/mol. The van der Waals surface area contributed by atoms with Crippen LogP contribution in [0.25, 0.3) is 11.1 Å². The van der Waals surface area contributed by atoms with E-state index in [1.807, 2.05) is 12.1 Å². The zero-order valence-corrected chi connectivity index (χ0v) is 23.3. The van der Waals surface area contributed by atoms with E-state index in [-0.39, 0.29) is 23.1 Å². The standard InChI is InChI=1S/C28H29Cl2N3O3S/c1-4-33(5-2)18-21-10-9-20(13-23(21)16-31)27-25(29)14-22(15-26(27)30)28(34)32-17-19-7-11-24(12-8-19)37(35,36)6-3/h7-15H,4-6,17-18H2,1-3H3,(H,32,34). The van der Waals surface area contributed by atoms with Crippen molar-refractivity contribution in [1.82, 2.24) is 10.2 Å². The maximum absolute atomic E-state index is 12.8. The van der Waals surface area contributed by atoms with E-state index in [0.29, 0.717) is 38.8 Å². The first kappa shape index (κ1) is 28.7. The van der Waals surface area contributed by atoms with E-state index in [1.165, 1.54) is 12.1 Å². The Bertz CT molecular complexity index is 1410. The maximum atomic E-state index is 12.8. The Morgan fingerprint density at radius 2 is 1.59 bits per heavy atom. The van der Waals surface area contributed by atoms with Gasteiger partial charge in [0.1, 0.15) is 0 Å². The topological polar surface area (TPSA) is 90.3 Å². The first-order valence-corrected chi connectivity index (χ1v) is 14.4. The highest BCUT2D eigenvalue weighted by Gasteiger charge is 2.17. The molecule has 0 fully saturated rings. The number of nitriles is 1. The van der Waals surface area contributed by atoms with Gasteiger partial charge >= 0.3 is 0 Å². The molecule has 0 saturated carbocycles. The predicted molar refractivity (Wildman–Crippen MR) is 149 cm³/mol. The number of benzene rings is 3. The van der Waals surface area contributed by atoms with Gasteiger partial charge in [-0.05, 0) is 60.1 Å². The average Bonchev–Trinajstić information content (AvgIpc) is 2.90. The Morgan fingerprint density at radius 1 is 0.973 bits per heavy atom. The lowest BCUT2D eigenvalue weighted by Gasteiger charge is -2.19. The van der Waals surface area contributed by atoms with Gasteiger partial charge in [-0.2, -0.15) is 5.26 Å². The second kappa shape index (κ2) is 12.6. The van der Waals surface area contributed by atoms with Crippen LogP contribution in [-0.2, 0) is 22.9 Å². The van der Waals surface area contributed by atoms with Crippen molar-refractivity contribution in [2.24, 2.45) is 0 Å². The molecule has 9 heteroatoms. The fraction of sp³-hybridized carbons (Fsp3) is 0.286. The summed E-state index contributed by atoms with van der Waals surface area (Å²) in [7, 11) is -3.28. The van der Waals surface area contributed by atoms with Crippen LogP contribution in [0.2, 0.25) is 10.0 Å². The summed E-state index contributed by atoms with van der Waals surface area (Å²) < 4.78 is 23.9. The van der Waals surface area contributed by atoms with Gasteiger partial charge in [0.15, 0.2) is 9.84 Å². The summed E-state index contributed by atoms with van der Waals surface area (Å²) in [5.74, 6) is -0.341. The van der Waals surface area contributed by atoms with E-state index in [0.717, 1.165) is 24.2 Å². The maximum Gasteiger partial charge on any atom is 0.251 e. The molecule has 0 heterocycles. The number of amides is 1. The van der Waals surface area contributed by atoms with Crippen molar-refractivity contribution < 1.29 is 13.2 Å². The zero-order valence-electron chi connectivity index (χ0n) is 21.0. The summed E-state index contributed by atoms with van der Waals surface area (Å²) in [5.41, 5.74) is 3.78. The molecule has 0 aliphatic carbocycles. The Balaban J connectivity index is 1.78. The van der Waals surface area contributed by atoms with Crippen LogP contribution in [0.4, 0.5) is 0 Å². The zero-order chi connectivity index (χ0) is 27.2. The van der Waals surface area contributed by atoms with Crippen LogP contribution in [0.15, 0.2) is 59.5 Å². The lowest BCUT2D eigenvalue weighted by molar-refractivity contribution is 0.0951. The number of carbonyl (C=O) groups is 1. The summed E-state index contributed by atoms with van der Waals surface area (Å²) >= 11 is 13.1. The normalized spacial score (nSPS) is 11.4. The molecule has 194 valence electrons. The molecule has 3 aromatic carbocycles. The molecule has 0 atom stereocenters. The van der Waals surface area contributed by atoms with Crippen LogP contribution < -0.4 is 5.32 Å². The van der Waals surface area contributed by atoms with Gasteiger partial charge in [0, 0.05) is 24.2 Å². The Labute approximate surface area is 228 Å². The van der Waals surface area contributed by atoms with Crippen LogP contribution in [0, 0.1) is 11.3 Å². The number of sulfone groups is 1. The summed E-state index contributed by atoms with van der Waals surface area (Å²) in [6, 6.07) is 17.3. The van der Waals surface area contributed by atoms with E-state index in [9.17, 15) is 18.5 Å². The number of hydrogen-bond donors (Lipinski definition) is 1. The van der Waals surface area contributed by atoms with Crippen molar-refractivity contribution in [3.63, 3.8) is 0 Å². The van der Waals surface area contributed by atoms with Crippen molar-refractivity contribution in [2.75, 3.05) is 18.8 Å². The molecule has 37 heavy (non-hydrogen) atoms. The molecule has 0 spiro atoms. The number of halogens is 2. The van der Waals surface area contributed by atoms with Crippen molar-refractivity contribution in [2.45, 2.75) is 38.8 Å². The highest BCUT2D eigenvalue weighted by molar-refractivity contribution is 7.91. The molecule has 0 radical (unpaired) electrons. The molecular formula is C28H29Cl2N3O3S. The van der Waals surface area contributed by atoms with E-state index in [2.05, 4.69) is 30.1 Å². The first-order valence-electron chi connectivity index (χ1n) is 12.0. The largest absolute Gasteiger partial charge is 0.348 e. The lowest BCUT2D eigenvalue weighted by Crippen LogP contribution is -2.23. The van der Waals surface area contributed by atoms with Gasteiger partial charge in [0.2, 0.25) is 0 Å². The fourth-order valence-corrected chi connectivity index (χ4v) is 5.50. The number of hydrogen-bond acceptors (Lipinski definition) is 5. The molecule has 0 aliphatic rings. The molecular weight excluding hydrogens is 529 g/mol. The Kier molecular flexibility index (Phi) is 9.74.